The summed E-state index contributed by atoms with van der Waals surface area (Å²) in [6, 6.07) is 4.99. The first kappa shape index (κ1) is 14.3. The molecule has 0 aromatic carbocycles. The fourth-order valence-electron chi connectivity index (χ4n) is 2.27. The highest BCUT2D eigenvalue weighted by Gasteiger charge is 2.20. The van der Waals surface area contributed by atoms with E-state index in [4.69, 9.17) is 0 Å². The van der Waals surface area contributed by atoms with Crippen molar-refractivity contribution in [1.29, 1.82) is 0 Å². The van der Waals surface area contributed by atoms with Crippen molar-refractivity contribution in [3.05, 3.63) is 40.6 Å². The number of aromatic nitrogens is 2. The monoisotopic (exact) mass is 277 g/mol. The second kappa shape index (κ2) is 6.87. The van der Waals surface area contributed by atoms with Gasteiger partial charge in [-0.1, -0.05) is 25.8 Å². The lowest BCUT2D eigenvalue weighted by Crippen LogP contribution is -2.32. The first-order valence-electron chi connectivity index (χ1n) is 6.99. The maximum absolute atomic E-state index is 4.51. The molecule has 2 atom stereocenters. The Morgan fingerprint density at radius 2 is 2.32 bits per heavy atom. The van der Waals surface area contributed by atoms with Gasteiger partial charge in [-0.3, -0.25) is 0 Å². The highest BCUT2D eigenvalue weighted by molar-refractivity contribution is 7.10. The van der Waals surface area contributed by atoms with E-state index in [1.54, 1.807) is 11.3 Å². The molecule has 2 unspecified atom stereocenters. The molecular weight excluding hydrogens is 254 g/mol. The summed E-state index contributed by atoms with van der Waals surface area (Å²) < 4.78 is 2.10. The normalized spacial score (nSPS) is 14.5. The number of thiophene rings is 1. The number of imidazole rings is 1. The zero-order valence-corrected chi connectivity index (χ0v) is 12.8. The highest BCUT2D eigenvalue weighted by Crippen LogP contribution is 2.25. The number of rotatable bonds is 7. The van der Waals surface area contributed by atoms with Gasteiger partial charge in [-0.25, -0.2) is 4.98 Å². The first-order chi connectivity index (χ1) is 9.22. The molecule has 0 radical (unpaired) electrons. The smallest absolute Gasteiger partial charge is 0.131 e. The van der Waals surface area contributed by atoms with E-state index in [2.05, 4.69) is 53.3 Å². The van der Waals surface area contributed by atoms with Crippen LogP contribution < -0.4 is 5.32 Å². The minimum absolute atomic E-state index is 0.201. The molecule has 2 aromatic rings. The van der Waals surface area contributed by atoms with Crippen LogP contribution in [0.3, 0.4) is 0 Å². The van der Waals surface area contributed by atoms with Crippen LogP contribution in [-0.4, -0.2) is 15.6 Å². The molecule has 1 N–H and O–H groups in total. The topological polar surface area (TPSA) is 29.9 Å². The Balaban J connectivity index is 2.14. The summed E-state index contributed by atoms with van der Waals surface area (Å²) in [4.78, 5) is 5.84. The molecule has 3 nitrogen and oxygen atoms in total. The molecule has 19 heavy (non-hydrogen) atoms. The van der Waals surface area contributed by atoms with Crippen LogP contribution in [0.1, 0.15) is 49.9 Å². The number of hydrogen-bond donors (Lipinski definition) is 1. The second-order valence-corrected chi connectivity index (χ2v) is 6.03. The fourth-order valence-corrected chi connectivity index (χ4v) is 3.05. The van der Waals surface area contributed by atoms with E-state index in [1.165, 1.54) is 24.1 Å². The van der Waals surface area contributed by atoms with E-state index < -0.39 is 0 Å². The SMILES string of the molecule is CCCCC(C)NC(c1cccs1)c1nccn1C. The molecule has 0 aliphatic carbocycles. The Morgan fingerprint density at radius 1 is 1.47 bits per heavy atom. The minimum atomic E-state index is 0.201. The van der Waals surface area contributed by atoms with Gasteiger partial charge in [0, 0.05) is 30.4 Å². The molecule has 4 heteroatoms. The van der Waals surface area contributed by atoms with E-state index in [1.807, 2.05) is 12.4 Å². The number of nitrogens with zero attached hydrogens (tertiary/aromatic N) is 2. The average Bonchev–Trinajstić information content (AvgIpc) is 3.05. The summed E-state index contributed by atoms with van der Waals surface area (Å²) >= 11 is 1.79. The second-order valence-electron chi connectivity index (χ2n) is 5.05. The van der Waals surface area contributed by atoms with Gasteiger partial charge < -0.3 is 9.88 Å². The van der Waals surface area contributed by atoms with E-state index in [9.17, 15) is 0 Å². The van der Waals surface area contributed by atoms with Crippen molar-refractivity contribution in [2.75, 3.05) is 0 Å². The van der Waals surface area contributed by atoms with Gasteiger partial charge in [-0.15, -0.1) is 11.3 Å². The van der Waals surface area contributed by atoms with E-state index in [0.717, 1.165) is 5.82 Å². The van der Waals surface area contributed by atoms with Gasteiger partial charge >= 0.3 is 0 Å². The fraction of sp³-hybridized carbons (Fsp3) is 0.533. The molecule has 2 rings (SSSR count). The molecule has 0 spiro atoms. The molecular formula is C15H23N3S. The Labute approximate surface area is 119 Å². The predicted molar refractivity (Wildman–Crippen MR) is 81.5 cm³/mol. The third-order valence-corrected chi connectivity index (χ3v) is 4.32. The molecule has 0 bridgehead atoms. The summed E-state index contributed by atoms with van der Waals surface area (Å²) in [6.45, 7) is 4.50. The molecule has 0 amide bonds. The van der Waals surface area contributed by atoms with Crippen LogP contribution in [0.2, 0.25) is 0 Å². The number of nitrogens with one attached hydrogen (secondary N) is 1. The van der Waals surface area contributed by atoms with Gasteiger partial charge in [-0.2, -0.15) is 0 Å². The summed E-state index contributed by atoms with van der Waals surface area (Å²) in [7, 11) is 2.06. The minimum Gasteiger partial charge on any atom is -0.336 e. The third kappa shape index (κ3) is 3.67. The molecule has 104 valence electrons. The van der Waals surface area contributed by atoms with Crippen molar-refractivity contribution in [2.24, 2.45) is 7.05 Å². The zero-order chi connectivity index (χ0) is 13.7. The molecule has 0 saturated carbocycles. The van der Waals surface area contributed by atoms with Gasteiger partial charge in [-0.05, 0) is 24.8 Å². The van der Waals surface area contributed by atoms with E-state index in [-0.39, 0.29) is 6.04 Å². The van der Waals surface area contributed by atoms with Crippen LogP contribution >= 0.6 is 11.3 Å². The molecule has 0 aliphatic heterocycles. The Bertz CT molecular complexity index is 475. The highest BCUT2D eigenvalue weighted by atomic mass is 32.1. The summed E-state index contributed by atoms with van der Waals surface area (Å²) in [5.74, 6) is 1.09. The van der Waals surface area contributed by atoms with Crippen LogP contribution in [0, 0.1) is 0 Å². The summed E-state index contributed by atoms with van der Waals surface area (Å²) in [5.41, 5.74) is 0. The lowest BCUT2D eigenvalue weighted by atomic mass is 10.1. The standard InChI is InChI=1S/C15H23N3S/c1-4-5-7-12(2)17-14(13-8-6-11-19-13)15-16-9-10-18(15)3/h6,8-12,14,17H,4-5,7H2,1-3H3. The Hall–Kier alpha value is -1.13. The lowest BCUT2D eigenvalue weighted by molar-refractivity contribution is 0.446. The van der Waals surface area contributed by atoms with Gasteiger partial charge in [0.05, 0.1) is 0 Å². The van der Waals surface area contributed by atoms with Crippen molar-refractivity contribution in [2.45, 2.75) is 45.2 Å². The van der Waals surface area contributed by atoms with Crippen LogP contribution in [0.4, 0.5) is 0 Å². The van der Waals surface area contributed by atoms with E-state index in [0.29, 0.717) is 6.04 Å². The van der Waals surface area contributed by atoms with Crippen molar-refractivity contribution in [3.8, 4) is 0 Å². The molecule has 0 saturated heterocycles. The molecule has 0 fully saturated rings. The van der Waals surface area contributed by atoms with Crippen molar-refractivity contribution in [3.63, 3.8) is 0 Å². The van der Waals surface area contributed by atoms with Crippen molar-refractivity contribution < 1.29 is 0 Å². The maximum atomic E-state index is 4.51. The van der Waals surface area contributed by atoms with Gasteiger partial charge in [0.2, 0.25) is 0 Å². The van der Waals surface area contributed by atoms with Crippen molar-refractivity contribution in [1.82, 2.24) is 14.9 Å². The predicted octanol–water partition coefficient (Wildman–Crippen LogP) is 3.74. The third-order valence-electron chi connectivity index (χ3n) is 3.39. The lowest BCUT2D eigenvalue weighted by Gasteiger charge is -2.22. The summed E-state index contributed by atoms with van der Waals surface area (Å²) in [6.07, 6.45) is 7.61. The zero-order valence-electron chi connectivity index (χ0n) is 12.0. The van der Waals surface area contributed by atoms with Gasteiger partial charge in [0.1, 0.15) is 11.9 Å². The number of hydrogen-bond acceptors (Lipinski definition) is 3. The Morgan fingerprint density at radius 3 is 2.89 bits per heavy atom. The molecule has 2 heterocycles. The Kier molecular flexibility index (Phi) is 5.16. The molecule has 2 aromatic heterocycles. The number of aryl methyl sites for hydroxylation is 1. The van der Waals surface area contributed by atoms with Gasteiger partial charge in [0.15, 0.2) is 0 Å². The maximum Gasteiger partial charge on any atom is 0.131 e. The average molecular weight is 277 g/mol. The van der Waals surface area contributed by atoms with Crippen LogP contribution in [0.25, 0.3) is 0 Å². The largest absolute Gasteiger partial charge is 0.336 e. The first-order valence-corrected chi connectivity index (χ1v) is 7.87. The number of unbranched alkanes of at least 4 members (excludes halogenated alkanes) is 1. The van der Waals surface area contributed by atoms with Crippen LogP contribution in [0.5, 0.6) is 0 Å². The van der Waals surface area contributed by atoms with E-state index >= 15 is 0 Å². The van der Waals surface area contributed by atoms with Crippen LogP contribution in [-0.2, 0) is 7.05 Å². The molecule has 0 aliphatic rings. The van der Waals surface area contributed by atoms with Gasteiger partial charge in [0.25, 0.3) is 0 Å². The van der Waals surface area contributed by atoms with Crippen molar-refractivity contribution >= 4 is 11.3 Å². The van der Waals surface area contributed by atoms with Crippen LogP contribution in [0.15, 0.2) is 29.9 Å². The quantitative estimate of drug-likeness (QED) is 0.835. The summed E-state index contributed by atoms with van der Waals surface area (Å²) in [5, 5.41) is 5.85.